The second kappa shape index (κ2) is 9.87. The van der Waals surface area contributed by atoms with Gasteiger partial charge in [0.05, 0.1) is 11.4 Å². The molecule has 4 heterocycles. The summed E-state index contributed by atoms with van der Waals surface area (Å²) >= 11 is 0. The topological polar surface area (TPSA) is 32.3 Å². The molecule has 0 fully saturated rings. The second-order valence-electron chi connectivity index (χ2n) is 14.5. The first-order chi connectivity index (χ1) is 26.3. The van der Waals surface area contributed by atoms with Crippen LogP contribution in [0.3, 0.4) is 0 Å². The maximum absolute atomic E-state index is 5.02. The zero-order valence-electron chi connectivity index (χ0n) is 28.5. The van der Waals surface area contributed by atoms with Crippen molar-refractivity contribution in [3.8, 4) is 0 Å². The largest absolute Gasteiger partial charge is 0.295 e. The fourth-order valence-electron chi connectivity index (χ4n) is 9.97. The van der Waals surface area contributed by atoms with Gasteiger partial charge in [0, 0.05) is 34.5 Å². The molecular weight excluding hydrogens is 643 g/mol. The average Bonchev–Trinajstić information content (AvgIpc) is 3.22. The molecule has 5 heteroatoms. The van der Waals surface area contributed by atoms with Crippen molar-refractivity contribution in [1.82, 2.24) is 9.97 Å². The molecule has 0 bridgehead atoms. The fourth-order valence-corrected chi connectivity index (χ4v) is 9.97. The lowest BCUT2D eigenvalue weighted by atomic mass is 9.33. The van der Waals surface area contributed by atoms with Crippen LogP contribution in [0.5, 0.6) is 0 Å². The van der Waals surface area contributed by atoms with Crippen molar-refractivity contribution in [2.45, 2.75) is 0 Å². The van der Waals surface area contributed by atoms with Gasteiger partial charge < -0.3 is 0 Å². The number of aromatic nitrogens is 2. The smallest absolute Gasteiger partial charge is 0.252 e. The molecule has 0 unspecified atom stereocenters. The van der Waals surface area contributed by atoms with E-state index in [4.69, 9.17) is 9.97 Å². The fraction of sp³-hybridized carbons (Fsp3) is 0. The highest BCUT2D eigenvalue weighted by Gasteiger charge is 2.45. The maximum atomic E-state index is 5.02. The minimum absolute atomic E-state index is 0.0324. The van der Waals surface area contributed by atoms with E-state index in [1.807, 2.05) is 24.5 Å². The summed E-state index contributed by atoms with van der Waals surface area (Å²) in [5.41, 5.74) is 8.53. The van der Waals surface area contributed by atoms with Gasteiger partial charge in [-0.1, -0.05) is 115 Å². The highest BCUT2D eigenvalue weighted by atomic mass is 15.2. The van der Waals surface area contributed by atoms with E-state index in [0.717, 1.165) is 23.0 Å². The van der Waals surface area contributed by atoms with Crippen LogP contribution in [-0.4, -0.2) is 16.7 Å². The van der Waals surface area contributed by atoms with E-state index >= 15 is 0 Å². The first kappa shape index (κ1) is 27.7. The molecule has 0 N–H and O–H groups in total. The van der Waals surface area contributed by atoms with Gasteiger partial charge in [-0.25, -0.2) is 9.97 Å². The summed E-state index contributed by atoms with van der Waals surface area (Å²) in [6.07, 6.45) is 3.81. The van der Waals surface area contributed by atoms with Crippen molar-refractivity contribution in [1.29, 1.82) is 0 Å². The minimum atomic E-state index is -0.0324. The van der Waals surface area contributed by atoms with E-state index in [1.54, 1.807) is 0 Å². The van der Waals surface area contributed by atoms with Gasteiger partial charge in [0.15, 0.2) is 0 Å². The predicted octanol–water partition coefficient (Wildman–Crippen LogP) is 10.4. The van der Waals surface area contributed by atoms with Crippen LogP contribution < -0.4 is 26.2 Å². The Morgan fingerprint density at radius 2 is 0.811 bits per heavy atom. The number of hydrogen-bond donors (Lipinski definition) is 0. The quantitative estimate of drug-likeness (QED) is 0.135. The molecule has 11 aromatic rings. The summed E-state index contributed by atoms with van der Waals surface area (Å²) in [6, 6.07) is 56.0. The Labute approximate surface area is 304 Å². The molecule has 242 valence electrons. The number of anilines is 6. The first-order valence-corrected chi connectivity index (χ1v) is 18.3. The molecule has 0 spiro atoms. The molecule has 0 saturated heterocycles. The zero-order chi connectivity index (χ0) is 34.4. The van der Waals surface area contributed by atoms with Crippen molar-refractivity contribution in [2.75, 3.05) is 9.80 Å². The standard InChI is InChI=1S/C48H27BN4/c1-3-24-50-40(14-1)52-38-12-7-13-39-46(38)49(36-26-32-18-16-28-8-5-10-30-20-22-34(47(36)52)44(32)42(28)30)37-27-33-19-17-29-9-6-11-31-21-23-35(45(33)43(29)31)48(37)53(39)41-15-2-4-25-51-41/h1-27H. The van der Waals surface area contributed by atoms with Crippen molar-refractivity contribution >= 4 is 122 Å². The van der Waals surface area contributed by atoms with Crippen LogP contribution in [0.2, 0.25) is 0 Å². The molecule has 9 aromatic carbocycles. The van der Waals surface area contributed by atoms with Crippen molar-refractivity contribution in [3.05, 3.63) is 164 Å². The van der Waals surface area contributed by atoms with Crippen molar-refractivity contribution in [3.63, 3.8) is 0 Å². The van der Waals surface area contributed by atoms with E-state index in [2.05, 4.69) is 149 Å². The Kier molecular flexibility index (Phi) is 5.16. The molecule has 2 aromatic heterocycles. The lowest BCUT2D eigenvalue weighted by Gasteiger charge is -2.44. The minimum Gasteiger partial charge on any atom is -0.295 e. The van der Waals surface area contributed by atoms with Crippen LogP contribution in [0.25, 0.3) is 64.6 Å². The van der Waals surface area contributed by atoms with Crippen LogP contribution >= 0.6 is 0 Å². The molecular formula is C48H27BN4. The van der Waals surface area contributed by atoms with Gasteiger partial charge in [-0.2, -0.15) is 0 Å². The van der Waals surface area contributed by atoms with Crippen LogP contribution in [0, 0.1) is 0 Å². The number of pyridine rings is 2. The Bertz CT molecular complexity index is 3060. The van der Waals surface area contributed by atoms with Crippen LogP contribution in [0.1, 0.15) is 0 Å². The summed E-state index contributed by atoms with van der Waals surface area (Å²) in [4.78, 5) is 14.9. The van der Waals surface area contributed by atoms with Crippen LogP contribution in [-0.2, 0) is 0 Å². The van der Waals surface area contributed by atoms with Gasteiger partial charge in [0.1, 0.15) is 11.6 Å². The van der Waals surface area contributed by atoms with Crippen LogP contribution in [0.15, 0.2) is 164 Å². The molecule has 4 nitrogen and oxygen atoms in total. The number of rotatable bonds is 2. The Hall–Kier alpha value is -6.98. The zero-order valence-corrected chi connectivity index (χ0v) is 28.5. The maximum Gasteiger partial charge on any atom is 0.252 e. The molecule has 0 saturated carbocycles. The molecule has 53 heavy (non-hydrogen) atoms. The monoisotopic (exact) mass is 670 g/mol. The molecule has 0 radical (unpaired) electrons. The molecule has 13 rings (SSSR count). The van der Waals surface area contributed by atoms with Crippen molar-refractivity contribution in [2.24, 2.45) is 0 Å². The second-order valence-corrected chi connectivity index (χ2v) is 14.5. The lowest BCUT2D eigenvalue weighted by molar-refractivity contribution is 1.17. The third kappa shape index (κ3) is 3.47. The Morgan fingerprint density at radius 1 is 0.377 bits per heavy atom. The summed E-state index contributed by atoms with van der Waals surface area (Å²) in [6.45, 7) is -0.0324. The molecule has 0 amide bonds. The van der Waals surface area contributed by atoms with E-state index < -0.39 is 0 Å². The van der Waals surface area contributed by atoms with E-state index in [-0.39, 0.29) is 6.71 Å². The number of benzene rings is 9. The van der Waals surface area contributed by atoms with E-state index in [0.29, 0.717) is 0 Å². The molecule has 2 aliphatic rings. The average molecular weight is 671 g/mol. The van der Waals surface area contributed by atoms with Gasteiger partial charge >= 0.3 is 0 Å². The Morgan fingerprint density at radius 3 is 1.26 bits per heavy atom. The van der Waals surface area contributed by atoms with Crippen molar-refractivity contribution < 1.29 is 0 Å². The number of fused-ring (bicyclic) bond motifs is 6. The van der Waals surface area contributed by atoms with Gasteiger partial charge in [-0.3, -0.25) is 9.80 Å². The summed E-state index contributed by atoms with van der Waals surface area (Å²) in [5, 5.41) is 15.3. The first-order valence-electron chi connectivity index (χ1n) is 18.3. The van der Waals surface area contributed by atoms with E-state index in [9.17, 15) is 0 Å². The van der Waals surface area contributed by atoms with Gasteiger partial charge in [-0.05, 0) is 107 Å². The predicted molar refractivity (Wildman–Crippen MR) is 223 cm³/mol. The van der Waals surface area contributed by atoms with Gasteiger partial charge in [-0.15, -0.1) is 0 Å². The number of nitrogens with zero attached hydrogens (tertiary/aromatic N) is 4. The molecule has 0 atom stereocenters. The molecule has 2 aliphatic heterocycles. The number of hydrogen-bond acceptors (Lipinski definition) is 4. The normalized spacial score (nSPS) is 13.5. The third-order valence-electron chi connectivity index (χ3n) is 12.0. The molecule has 0 aliphatic carbocycles. The lowest BCUT2D eigenvalue weighted by Crippen LogP contribution is -2.61. The highest BCUT2D eigenvalue weighted by Crippen LogP contribution is 2.49. The summed E-state index contributed by atoms with van der Waals surface area (Å²) in [5.74, 6) is 1.81. The van der Waals surface area contributed by atoms with Gasteiger partial charge in [0.2, 0.25) is 0 Å². The third-order valence-corrected chi connectivity index (χ3v) is 12.0. The van der Waals surface area contributed by atoms with Gasteiger partial charge in [0.25, 0.3) is 6.71 Å². The highest BCUT2D eigenvalue weighted by molar-refractivity contribution is 7.01. The Balaban J connectivity index is 1.24. The SMILES string of the molecule is c1ccc(N2c3cccc4c3B(c3cc5ccc6cccc7ccc(c32)c5c67)c2cc3ccc5cccc6ccc(c2N4c2ccccn2)c3c56)nc1. The summed E-state index contributed by atoms with van der Waals surface area (Å²) in [7, 11) is 0. The van der Waals surface area contributed by atoms with E-state index in [1.165, 1.54) is 92.4 Å². The van der Waals surface area contributed by atoms with Crippen LogP contribution in [0.4, 0.5) is 34.4 Å². The summed E-state index contributed by atoms with van der Waals surface area (Å²) < 4.78 is 0.